The Morgan fingerprint density at radius 3 is 2.57 bits per heavy atom. The number of phenols is 2. The number of carbonyl (C=O) groups is 1. The number of aromatic nitrogens is 4. The second-order valence-corrected chi connectivity index (χ2v) is 6.32. The standard InChI is InChI=1S/C19H16N4O5/c1-22-13-3-2-4-14(12(13)8-17(22)26)23-16(9-18(27)28)20-21-19(23)11-6-5-10(24)7-15(11)25/h2-8,24-26H,9H2,1H3,(H,27,28). The molecule has 28 heavy (non-hydrogen) atoms. The summed E-state index contributed by atoms with van der Waals surface area (Å²) in [5, 5.41) is 47.9. The fraction of sp³-hybridized carbons (Fsp3) is 0.105. The molecule has 0 spiro atoms. The number of benzene rings is 2. The summed E-state index contributed by atoms with van der Waals surface area (Å²) in [7, 11) is 1.71. The van der Waals surface area contributed by atoms with Gasteiger partial charge in [0.05, 0.1) is 16.8 Å². The van der Waals surface area contributed by atoms with Crippen LogP contribution in [0.25, 0.3) is 28.0 Å². The summed E-state index contributed by atoms with van der Waals surface area (Å²) in [6, 6.07) is 10.9. The Morgan fingerprint density at radius 2 is 1.86 bits per heavy atom. The van der Waals surface area contributed by atoms with Crippen LogP contribution in [0.4, 0.5) is 0 Å². The van der Waals surface area contributed by atoms with Crippen LogP contribution in [0, 0.1) is 0 Å². The molecule has 9 heteroatoms. The van der Waals surface area contributed by atoms with Crippen LogP contribution in [0.3, 0.4) is 0 Å². The molecule has 0 aliphatic heterocycles. The van der Waals surface area contributed by atoms with Crippen LogP contribution in [0.2, 0.25) is 0 Å². The molecule has 0 saturated carbocycles. The van der Waals surface area contributed by atoms with E-state index in [1.165, 1.54) is 22.8 Å². The summed E-state index contributed by atoms with van der Waals surface area (Å²) in [6.45, 7) is 0. The van der Waals surface area contributed by atoms with E-state index < -0.39 is 5.97 Å². The monoisotopic (exact) mass is 380 g/mol. The number of phenolic OH excluding ortho intramolecular Hbond substituents is 2. The third-order valence-corrected chi connectivity index (χ3v) is 4.54. The van der Waals surface area contributed by atoms with Crippen LogP contribution in [-0.4, -0.2) is 45.7 Å². The zero-order chi connectivity index (χ0) is 20.0. The van der Waals surface area contributed by atoms with Gasteiger partial charge in [-0.25, -0.2) is 0 Å². The maximum Gasteiger partial charge on any atom is 0.311 e. The minimum Gasteiger partial charge on any atom is -0.508 e. The Bertz CT molecular complexity index is 1220. The van der Waals surface area contributed by atoms with Crippen LogP contribution in [0.5, 0.6) is 17.4 Å². The molecule has 4 rings (SSSR count). The van der Waals surface area contributed by atoms with Crippen molar-refractivity contribution in [1.29, 1.82) is 0 Å². The Morgan fingerprint density at radius 1 is 1.07 bits per heavy atom. The fourth-order valence-corrected chi connectivity index (χ4v) is 3.23. The SMILES string of the molecule is Cn1c(O)cc2c(-n3c(CC(=O)O)nnc3-c3ccc(O)cc3O)cccc21. The van der Waals surface area contributed by atoms with Crippen LogP contribution in [0.1, 0.15) is 5.82 Å². The molecule has 142 valence electrons. The number of carboxylic acid groups (broad SMARTS) is 1. The number of carboxylic acids is 1. The first kappa shape index (κ1) is 17.4. The minimum atomic E-state index is -1.08. The summed E-state index contributed by atoms with van der Waals surface area (Å²) in [5.41, 5.74) is 1.56. The van der Waals surface area contributed by atoms with Crippen LogP contribution < -0.4 is 0 Å². The highest BCUT2D eigenvalue weighted by atomic mass is 16.4. The number of hydrogen-bond donors (Lipinski definition) is 4. The molecule has 0 radical (unpaired) electrons. The molecule has 4 aromatic rings. The van der Waals surface area contributed by atoms with Gasteiger partial charge in [0, 0.05) is 24.6 Å². The van der Waals surface area contributed by atoms with Gasteiger partial charge < -0.3 is 25.0 Å². The van der Waals surface area contributed by atoms with Gasteiger partial charge in [-0.2, -0.15) is 0 Å². The first-order valence-corrected chi connectivity index (χ1v) is 8.33. The molecule has 2 aromatic carbocycles. The lowest BCUT2D eigenvalue weighted by atomic mass is 10.1. The number of aromatic hydroxyl groups is 3. The van der Waals surface area contributed by atoms with Gasteiger partial charge in [-0.3, -0.25) is 9.36 Å². The van der Waals surface area contributed by atoms with E-state index in [0.29, 0.717) is 11.1 Å². The maximum absolute atomic E-state index is 11.3. The third-order valence-electron chi connectivity index (χ3n) is 4.54. The van der Waals surface area contributed by atoms with Crippen molar-refractivity contribution < 1.29 is 25.2 Å². The zero-order valence-corrected chi connectivity index (χ0v) is 14.7. The first-order valence-electron chi connectivity index (χ1n) is 8.33. The molecule has 0 atom stereocenters. The van der Waals surface area contributed by atoms with Crippen molar-refractivity contribution in [2.24, 2.45) is 7.05 Å². The number of rotatable bonds is 4. The largest absolute Gasteiger partial charge is 0.508 e. The fourth-order valence-electron chi connectivity index (χ4n) is 3.23. The average Bonchev–Trinajstić information content (AvgIpc) is 3.16. The van der Waals surface area contributed by atoms with Gasteiger partial charge in [-0.15, -0.1) is 10.2 Å². The molecule has 0 aliphatic rings. The van der Waals surface area contributed by atoms with E-state index in [-0.39, 0.29) is 41.0 Å². The zero-order valence-electron chi connectivity index (χ0n) is 14.7. The number of fused-ring (bicyclic) bond motifs is 1. The normalized spacial score (nSPS) is 11.2. The number of aliphatic carboxylic acids is 1. The highest BCUT2D eigenvalue weighted by molar-refractivity contribution is 5.91. The van der Waals surface area contributed by atoms with Crippen molar-refractivity contribution in [2.75, 3.05) is 0 Å². The summed E-state index contributed by atoms with van der Waals surface area (Å²) in [6.07, 6.45) is -0.388. The molecule has 0 saturated heterocycles. The number of nitrogens with zero attached hydrogens (tertiary/aromatic N) is 4. The molecule has 4 N–H and O–H groups in total. The van der Waals surface area contributed by atoms with E-state index >= 15 is 0 Å². The van der Waals surface area contributed by atoms with E-state index in [0.717, 1.165) is 5.52 Å². The lowest BCUT2D eigenvalue weighted by Gasteiger charge is -2.12. The van der Waals surface area contributed by atoms with E-state index in [1.54, 1.807) is 29.8 Å². The predicted octanol–water partition coefficient (Wildman–Crippen LogP) is 2.17. The molecule has 0 bridgehead atoms. The molecule has 0 amide bonds. The molecule has 9 nitrogen and oxygen atoms in total. The van der Waals surface area contributed by atoms with Crippen molar-refractivity contribution in [2.45, 2.75) is 6.42 Å². The van der Waals surface area contributed by atoms with Gasteiger partial charge in [0.2, 0.25) is 0 Å². The van der Waals surface area contributed by atoms with Gasteiger partial charge in [0.1, 0.15) is 23.7 Å². The van der Waals surface area contributed by atoms with E-state index in [1.807, 2.05) is 6.07 Å². The number of hydrogen-bond acceptors (Lipinski definition) is 6. The summed E-state index contributed by atoms with van der Waals surface area (Å²) >= 11 is 0. The average molecular weight is 380 g/mol. The highest BCUT2D eigenvalue weighted by Crippen LogP contribution is 2.35. The van der Waals surface area contributed by atoms with Crippen molar-refractivity contribution in [3.05, 3.63) is 48.3 Å². The molecular weight excluding hydrogens is 364 g/mol. The van der Waals surface area contributed by atoms with Gasteiger partial charge in [-0.05, 0) is 24.3 Å². The smallest absolute Gasteiger partial charge is 0.311 e. The second kappa shape index (κ2) is 6.31. The lowest BCUT2D eigenvalue weighted by molar-refractivity contribution is -0.136. The molecule has 2 aromatic heterocycles. The molecular formula is C19H16N4O5. The molecule has 2 heterocycles. The summed E-state index contributed by atoms with van der Waals surface area (Å²) in [4.78, 5) is 11.3. The van der Waals surface area contributed by atoms with Crippen LogP contribution >= 0.6 is 0 Å². The van der Waals surface area contributed by atoms with E-state index in [4.69, 9.17) is 0 Å². The minimum absolute atomic E-state index is 0.0457. The maximum atomic E-state index is 11.3. The molecule has 0 aliphatic carbocycles. The van der Waals surface area contributed by atoms with Crippen molar-refractivity contribution in [1.82, 2.24) is 19.3 Å². The van der Waals surface area contributed by atoms with Gasteiger partial charge in [0.15, 0.2) is 11.7 Å². The van der Waals surface area contributed by atoms with E-state index in [9.17, 15) is 25.2 Å². The third kappa shape index (κ3) is 2.69. The lowest BCUT2D eigenvalue weighted by Crippen LogP contribution is -2.09. The Balaban J connectivity index is 2.04. The van der Waals surface area contributed by atoms with Gasteiger partial charge in [-0.1, -0.05) is 6.07 Å². The summed E-state index contributed by atoms with van der Waals surface area (Å²) in [5.74, 6) is -1.01. The summed E-state index contributed by atoms with van der Waals surface area (Å²) < 4.78 is 3.12. The molecule has 0 unspecified atom stereocenters. The first-order chi connectivity index (χ1) is 13.4. The van der Waals surface area contributed by atoms with Crippen molar-refractivity contribution >= 4 is 16.9 Å². The van der Waals surface area contributed by atoms with Crippen molar-refractivity contribution in [3.63, 3.8) is 0 Å². The predicted molar refractivity (Wildman–Crippen MR) is 99.6 cm³/mol. The van der Waals surface area contributed by atoms with Gasteiger partial charge >= 0.3 is 5.97 Å². The van der Waals surface area contributed by atoms with E-state index in [2.05, 4.69) is 10.2 Å². The van der Waals surface area contributed by atoms with Crippen LogP contribution in [0.15, 0.2) is 42.5 Å². The Hall–Kier alpha value is -4.01. The Kier molecular flexibility index (Phi) is 3.92. The van der Waals surface area contributed by atoms with Crippen LogP contribution in [-0.2, 0) is 18.3 Å². The molecule has 0 fully saturated rings. The second-order valence-electron chi connectivity index (χ2n) is 6.32. The highest BCUT2D eigenvalue weighted by Gasteiger charge is 2.22. The van der Waals surface area contributed by atoms with Gasteiger partial charge in [0.25, 0.3) is 0 Å². The van der Waals surface area contributed by atoms with Crippen molar-refractivity contribution in [3.8, 4) is 34.5 Å². The number of aryl methyl sites for hydroxylation is 1. The quantitative estimate of drug-likeness (QED) is 0.426. The Labute approximate surface area is 158 Å². The topological polar surface area (TPSA) is 134 Å².